The van der Waals surface area contributed by atoms with Gasteiger partial charge in [-0.1, -0.05) is 0 Å². The molecule has 0 radical (unpaired) electrons. The summed E-state index contributed by atoms with van der Waals surface area (Å²) < 4.78 is 44.9. The maximum atomic E-state index is 13.2. The van der Waals surface area contributed by atoms with Crippen molar-refractivity contribution >= 4 is 23.3 Å². The van der Waals surface area contributed by atoms with Crippen LogP contribution in [0.4, 0.5) is 18.9 Å². The molecule has 1 aromatic carbocycles. The number of amides is 1. The molecule has 0 spiro atoms. The molecule has 10 heteroatoms. The van der Waals surface area contributed by atoms with Crippen molar-refractivity contribution in [3.8, 4) is 0 Å². The fourth-order valence-electron chi connectivity index (χ4n) is 3.90. The lowest BCUT2D eigenvalue weighted by atomic mass is 10.0. The summed E-state index contributed by atoms with van der Waals surface area (Å²) in [6, 6.07) is 2.48. The van der Waals surface area contributed by atoms with Crippen LogP contribution in [-0.2, 0) is 15.7 Å². The zero-order valence-corrected chi connectivity index (χ0v) is 17.7. The van der Waals surface area contributed by atoms with E-state index in [1.807, 2.05) is 0 Å². The molecule has 170 valence electrons. The van der Waals surface area contributed by atoms with Crippen molar-refractivity contribution < 1.29 is 22.7 Å². The molecule has 1 saturated heterocycles. The van der Waals surface area contributed by atoms with E-state index < -0.39 is 17.8 Å². The Morgan fingerprint density at radius 3 is 2.72 bits per heavy atom. The van der Waals surface area contributed by atoms with Gasteiger partial charge < -0.3 is 20.7 Å². The summed E-state index contributed by atoms with van der Waals surface area (Å²) in [5.74, 6) is 0.992. The number of ether oxygens (including phenoxy) is 1. The minimum absolute atomic E-state index is 0.0224. The summed E-state index contributed by atoms with van der Waals surface area (Å²) >= 11 is 0. The van der Waals surface area contributed by atoms with Gasteiger partial charge in [-0.2, -0.15) is 13.2 Å². The summed E-state index contributed by atoms with van der Waals surface area (Å²) in [7, 11) is 0. The van der Waals surface area contributed by atoms with Gasteiger partial charge in [0.15, 0.2) is 0 Å². The van der Waals surface area contributed by atoms with Crippen molar-refractivity contribution in [2.45, 2.75) is 32.1 Å². The van der Waals surface area contributed by atoms with Gasteiger partial charge in [0.2, 0.25) is 0 Å². The monoisotopic (exact) mass is 447 g/mol. The molecule has 0 bridgehead atoms. The Labute approximate surface area is 183 Å². The highest BCUT2D eigenvalue weighted by Gasteiger charge is 2.33. The minimum atomic E-state index is -4.50. The van der Waals surface area contributed by atoms with Gasteiger partial charge in [0.1, 0.15) is 5.84 Å². The van der Waals surface area contributed by atoms with Gasteiger partial charge in [0.25, 0.3) is 5.91 Å². The van der Waals surface area contributed by atoms with E-state index in [0.717, 1.165) is 12.1 Å². The van der Waals surface area contributed by atoms with Crippen molar-refractivity contribution in [3.05, 3.63) is 52.6 Å². The number of fused-ring (bicyclic) bond motifs is 1. The maximum absolute atomic E-state index is 13.2. The van der Waals surface area contributed by atoms with Crippen LogP contribution in [0.15, 0.2) is 51.5 Å². The Hall–Kier alpha value is -3.14. The lowest BCUT2D eigenvalue weighted by molar-refractivity contribution is -0.137. The molecular formula is C22H24F3N5O2. The Morgan fingerprint density at radius 2 is 2.03 bits per heavy atom. The molecule has 2 heterocycles. The van der Waals surface area contributed by atoms with Gasteiger partial charge in [0.05, 0.1) is 36.7 Å². The second-order valence-corrected chi connectivity index (χ2v) is 7.95. The van der Waals surface area contributed by atoms with Crippen molar-refractivity contribution in [2.24, 2.45) is 9.98 Å². The van der Waals surface area contributed by atoms with Gasteiger partial charge in [0, 0.05) is 29.9 Å². The summed E-state index contributed by atoms with van der Waals surface area (Å²) in [4.78, 5) is 23.8. The smallest absolute Gasteiger partial charge is 0.399 e. The number of halogens is 3. The first-order valence-corrected chi connectivity index (χ1v) is 10.3. The molecule has 3 N–H and O–H groups in total. The number of alkyl halides is 3. The molecular weight excluding hydrogens is 423 g/mol. The third-order valence-electron chi connectivity index (χ3n) is 5.53. The van der Waals surface area contributed by atoms with Crippen LogP contribution in [0, 0.1) is 0 Å². The maximum Gasteiger partial charge on any atom is 0.416 e. The van der Waals surface area contributed by atoms with Crippen LogP contribution in [0.5, 0.6) is 0 Å². The molecule has 1 amide bonds. The van der Waals surface area contributed by atoms with Crippen LogP contribution in [0.25, 0.3) is 0 Å². The minimum Gasteiger partial charge on any atom is -0.399 e. The molecule has 1 aliphatic carbocycles. The molecule has 1 fully saturated rings. The number of rotatable bonds is 3. The van der Waals surface area contributed by atoms with Gasteiger partial charge in [-0.3, -0.25) is 14.8 Å². The van der Waals surface area contributed by atoms with Crippen LogP contribution in [0.3, 0.4) is 0 Å². The number of nitrogens with zero attached hydrogens (tertiary/aromatic N) is 3. The number of aliphatic imine (C=N–C) groups is 2. The van der Waals surface area contributed by atoms with Crippen LogP contribution in [0.1, 0.15) is 31.0 Å². The number of hydrogen-bond donors (Lipinski definition) is 2. The first kappa shape index (κ1) is 22.1. The van der Waals surface area contributed by atoms with Crippen molar-refractivity contribution in [3.63, 3.8) is 0 Å². The molecule has 2 aliphatic heterocycles. The number of nitrogen functional groups attached to an aromatic ring is 1. The summed E-state index contributed by atoms with van der Waals surface area (Å²) in [5.41, 5.74) is 6.49. The second kappa shape index (κ2) is 8.42. The fourth-order valence-corrected chi connectivity index (χ4v) is 3.90. The Balaban J connectivity index is 1.62. The molecule has 0 aromatic heterocycles. The molecule has 0 saturated carbocycles. The predicted octanol–water partition coefficient (Wildman–Crippen LogP) is 2.86. The fraction of sp³-hybridized carbons (Fsp3) is 0.409. The topological polar surface area (TPSA) is 92.3 Å². The van der Waals surface area contributed by atoms with Crippen molar-refractivity contribution in [1.29, 1.82) is 0 Å². The number of nitrogens with two attached hydrogens (primary N) is 1. The van der Waals surface area contributed by atoms with E-state index in [1.54, 1.807) is 30.9 Å². The molecule has 7 nitrogen and oxygen atoms in total. The van der Waals surface area contributed by atoms with Crippen molar-refractivity contribution in [2.75, 3.05) is 32.0 Å². The molecule has 2 atom stereocenters. The first-order chi connectivity index (χ1) is 15.1. The van der Waals surface area contributed by atoms with Gasteiger partial charge in [-0.05, 0) is 49.8 Å². The third-order valence-corrected chi connectivity index (χ3v) is 5.53. The van der Waals surface area contributed by atoms with Gasteiger partial charge >= 0.3 is 6.18 Å². The van der Waals surface area contributed by atoms with Crippen LogP contribution in [-0.4, -0.2) is 54.8 Å². The van der Waals surface area contributed by atoms with E-state index in [9.17, 15) is 18.0 Å². The standard InChI is InChI=1S/C22H24F3N5O2/c1-12(14-7-16(22(23,24)25)11-17(26)8-14)27-20-18-9-15(10-19(18)28-13(2)29-20)21(31)30-3-5-32-6-4-30/h7-12,19H,3-6,26H2,1-2H3,(H,27,28,29)/t12-,19?/m1/s1. The highest BCUT2D eigenvalue weighted by atomic mass is 19.4. The lowest BCUT2D eigenvalue weighted by Gasteiger charge is -2.26. The lowest BCUT2D eigenvalue weighted by Crippen LogP contribution is -2.41. The average Bonchev–Trinajstić information content (AvgIpc) is 3.17. The van der Waals surface area contributed by atoms with Crippen molar-refractivity contribution in [1.82, 2.24) is 10.2 Å². The number of carbonyl (C=O) groups is 1. The zero-order valence-electron chi connectivity index (χ0n) is 17.7. The third kappa shape index (κ3) is 4.55. The zero-order chi connectivity index (χ0) is 23.0. The quantitative estimate of drug-likeness (QED) is 0.697. The highest BCUT2D eigenvalue weighted by Crippen LogP contribution is 2.34. The molecule has 1 aromatic rings. The molecule has 4 rings (SSSR count). The van der Waals surface area contributed by atoms with E-state index >= 15 is 0 Å². The number of carbonyl (C=O) groups excluding carboxylic acids is 1. The Bertz CT molecular complexity index is 1050. The SMILES string of the molecule is CC1=NC2C=C(C(=O)N3CCOCC3)C=C2C(=N[C@H](C)c2cc(N)cc(C(F)(F)F)c2)N1. The molecule has 1 unspecified atom stereocenters. The Kier molecular flexibility index (Phi) is 5.81. The number of benzene rings is 1. The number of anilines is 1. The van der Waals surface area contributed by atoms with E-state index in [-0.39, 0.29) is 17.6 Å². The molecule has 3 aliphatic rings. The van der Waals surface area contributed by atoms with E-state index in [2.05, 4.69) is 15.3 Å². The summed E-state index contributed by atoms with van der Waals surface area (Å²) in [6.45, 7) is 5.53. The van der Waals surface area contributed by atoms with Gasteiger partial charge in [-0.15, -0.1) is 0 Å². The first-order valence-electron chi connectivity index (χ1n) is 10.3. The number of nitrogens with one attached hydrogen (secondary N) is 1. The van der Waals surface area contributed by atoms with Crippen LogP contribution >= 0.6 is 0 Å². The van der Waals surface area contributed by atoms with Gasteiger partial charge in [-0.25, -0.2) is 0 Å². The average molecular weight is 447 g/mol. The Morgan fingerprint density at radius 1 is 1.31 bits per heavy atom. The largest absolute Gasteiger partial charge is 0.416 e. The summed E-state index contributed by atoms with van der Waals surface area (Å²) in [5, 5.41) is 3.09. The number of hydrogen-bond acceptors (Lipinski definition) is 5. The second-order valence-electron chi connectivity index (χ2n) is 7.95. The number of morpholine rings is 1. The van der Waals surface area contributed by atoms with E-state index in [1.165, 1.54) is 6.07 Å². The normalized spacial score (nSPS) is 23.2. The van der Waals surface area contributed by atoms with E-state index in [4.69, 9.17) is 10.5 Å². The highest BCUT2D eigenvalue weighted by molar-refractivity contribution is 6.14. The predicted molar refractivity (Wildman–Crippen MR) is 115 cm³/mol. The van der Waals surface area contributed by atoms with Crippen LogP contribution in [0.2, 0.25) is 0 Å². The number of amidine groups is 2. The van der Waals surface area contributed by atoms with E-state index in [0.29, 0.717) is 54.7 Å². The van der Waals surface area contributed by atoms with Crippen LogP contribution < -0.4 is 11.1 Å². The summed E-state index contributed by atoms with van der Waals surface area (Å²) in [6.07, 6.45) is -0.960. The molecule has 32 heavy (non-hydrogen) atoms.